The fourth-order valence-electron chi connectivity index (χ4n) is 1.15. The van der Waals surface area contributed by atoms with E-state index >= 15 is 0 Å². The minimum atomic E-state index is -1.26. The number of aliphatic hydroxyl groups is 3. The third-order valence-corrected chi connectivity index (χ3v) is 2.90. The maximum atomic E-state index is 10.5. The van der Waals surface area contributed by atoms with Gasteiger partial charge in [-0.25, -0.2) is 19.2 Å². The highest BCUT2D eigenvalue weighted by Crippen LogP contribution is 2.11. The van der Waals surface area contributed by atoms with Crippen molar-refractivity contribution in [2.45, 2.75) is 6.92 Å². The van der Waals surface area contributed by atoms with Crippen LogP contribution in [0.15, 0.2) is 36.4 Å². The van der Waals surface area contributed by atoms with E-state index in [0.717, 1.165) is 0 Å². The molecule has 0 saturated carbocycles. The largest absolute Gasteiger partial charge is 0.478 e. The maximum absolute atomic E-state index is 10.5. The lowest BCUT2D eigenvalue weighted by atomic mass is 9.95. The van der Waals surface area contributed by atoms with E-state index in [9.17, 15) is 19.2 Å². The second-order valence-corrected chi connectivity index (χ2v) is 5.45. The Morgan fingerprint density at radius 3 is 1.18 bits per heavy atom. The van der Waals surface area contributed by atoms with Gasteiger partial charge in [0.05, 0.1) is 30.9 Å². The van der Waals surface area contributed by atoms with Gasteiger partial charge in [0.2, 0.25) is 0 Å². The molecule has 0 aliphatic heterocycles. The molecule has 0 unspecified atom stereocenters. The van der Waals surface area contributed by atoms with Gasteiger partial charge in [-0.05, 0) is 12.1 Å². The summed E-state index contributed by atoms with van der Waals surface area (Å²) in [6, 6.07) is 5.48. The summed E-state index contributed by atoms with van der Waals surface area (Å²) in [5, 5.41) is 58.1. The van der Waals surface area contributed by atoms with Crippen LogP contribution in [-0.2, 0) is 9.59 Å². The Kier molecular flexibility index (Phi) is 13.3. The number of carbonyl (C=O) groups is 4. The van der Waals surface area contributed by atoms with Gasteiger partial charge >= 0.3 is 23.9 Å². The summed E-state index contributed by atoms with van der Waals surface area (Å²) in [5.74, 6) is -4.97. The number of carboxylic acids is 4. The zero-order valence-electron chi connectivity index (χ0n) is 14.8. The zero-order chi connectivity index (χ0) is 22.3. The minimum absolute atomic E-state index is 0.181. The predicted octanol–water partition coefficient (Wildman–Crippen LogP) is -0.236. The van der Waals surface area contributed by atoms with E-state index in [1.165, 1.54) is 24.3 Å². The van der Waals surface area contributed by atoms with Gasteiger partial charge in [-0.15, -0.1) is 0 Å². The van der Waals surface area contributed by atoms with Gasteiger partial charge in [0.25, 0.3) is 0 Å². The molecule has 0 saturated heterocycles. The summed E-state index contributed by atoms with van der Waals surface area (Å²) in [6.07, 6.45) is 1.12. The average Bonchev–Trinajstić information content (AvgIpc) is 2.66. The molecule has 0 bridgehead atoms. The lowest BCUT2D eigenvalue weighted by Gasteiger charge is -2.20. The van der Waals surface area contributed by atoms with Gasteiger partial charge < -0.3 is 35.7 Å². The molecule has 1 aromatic carbocycles. The van der Waals surface area contributed by atoms with Gasteiger partial charge in [-0.3, -0.25) is 0 Å². The summed E-state index contributed by atoms with van der Waals surface area (Å²) in [7, 11) is 0. The van der Waals surface area contributed by atoms with E-state index in [1.54, 1.807) is 6.92 Å². The van der Waals surface area contributed by atoms with Crippen molar-refractivity contribution in [2.75, 3.05) is 19.8 Å². The highest BCUT2D eigenvalue weighted by molar-refractivity contribution is 6.01. The standard InChI is InChI=1S/C8H6O4.C5H12O3.C4H4O4/c9-7(10)5-3-1-2-4-6(5)8(11)12;1-5(2-6,3-7)4-8;5-3(6)1-2-4(7)8/h1-4H,(H,9,10)(H,11,12);6-8H,2-4H2,1H3;1-2H,(H,5,6)(H,7,8). The van der Waals surface area contributed by atoms with Gasteiger partial charge in [-0.1, -0.05) is 19.1 Å². The molecule has 0 heterocycles. The van der Waals surface area contributed by atoms with Crippen LogP contribution in [0.3, 0.4) is 0 Å². The Bertz CT molecular complexity index is 633. The van der Waals surface area contributed by atoms with Gasteiger partial charge in [0, 0.05) is 17.6 Å². The monoisotopic (exact) mass is 402 g/mol. The molecule has 156 valence electrons. The van der Waals surface area contributed by atoms with Crippen LogP contribution in [0.4, 0.5) is 0 Å². The Morgan fingerprint density at radius 1 is 0.750 bits per heavy atom. The number of carboxylic acid groups (broad SMARTS) is 4. The molecule has 1 aromatic rings. The molecule has 0 fully saturated rings. The molecule has 0 aliphatic rings. The van der Waals surface area contributed by atoms with Gasteiger partial charge in [0.15, 0.2) is 0 Å². The first kappa shape index (κ1) is 26.9. The average molecular weight is 402 g/mol. The van der Waals surface area contributed by atoms with E-state index in [4.69, 9.17) is 35.7 Å². The van der Waals surface area contributed by atoms with E-state index in [-0.39, 0.29) is 30.9 Å². The second kappa shape index (κ2) is 13.9. The van der Waals surface area contributed by atoms with Crippen LogP contribution in [0.5, 0.6) is 0 Å². The molecule has 7 N–H and O–H groups in total. The summed E-state index contributed by atoms with van der Waals surface area (Å²) >= 11 is 0. The SMILES string of the molecule is CC(CO)(CO)CO.O=C(O)C=CC(=O)O.O=C(O)c1ccccc1C(=O)O. The first-order chi connectivity index (χ1) is 12.9. The molecule has 0 aromatic heterocycles. The van der Waals surface area contributed by atoms with E-state index in [0.29, 0.717) is 12.2 Å². The van der Waals surface area contributed by atoms with Gasteiger partial charge in [-0.2, -0.15) is 0 Å². The van der Waals surface area contributed by atoms with Crippen LogP contribution >= 0.6 is 0 Å². The smallest absolute Gasteiger partial charge is 0.336 e. The van der Waals surface area contributed by atoms with Crippen LogP contribution in [0.1, 0.15) is 27.6 Å². The molecule has 11 heteroatoms. The molecule has 28 heavy (non-hydrogen) atoms. The fraction of sp³-hybridized carbons (Fsp3) is 0.294. The Hall–Kier alpha value is -3.28. The fourth-order valence-corrected chi connectivity index (χ4v) is 1.15. The third kappa shape index (κ3) is 12.1. The minimum Gasteiger partial charge on any atom is -0.478 e. The number of rotatable bonds is 7. The second-order valence-electron chi connectivity index (χ2n) is 5.45. The van der Waals surface area contributed by atoms with Gasteiger partial charge in [0.1, 0.15) is 0 Å². The van der Waals surface area contributed by atoms with Crippen LogP contribution < -0.4 is 0 Å². The van der Waals surface area contributed by atoms with E-state index < -0.39 is 29.3 Å². The van der Waals surface area contributed by atoms with Crippen molar-refractivity contribution in [1.29, 1.82) is 0 Å². The number of aliphatic carboxylic acids is 2. The topological polar surface area (TPSA) is 210 Å². The molecule has 0 spiro atoms. The zero-order valence-corrected chi connectivity index (χ0v) is 14.8. The lowest BCUT2D eigenvalue weighted by molar-refractivity contribution is -0.134. The first-order valence-corrected chi connectivity index (χ1v) is 7.46. The van der Waals surface area contributed by atoms with E-state index in [1.807, 2.05) is 0 Å². The van der Waals surface area contributed by atoms with Crippen molar-refractivity contribution in [3.8, 4) is 0 Å². The summed E-state index contributed by atoms with van der Waals surface area (Å²) in [4.78, 5) is 40.0. The Morgan fingerprint density at radius 2 is 1.04 bits per heavy atom. The van der Waals surface area contributed by atoms with Crippen LogP contribution in [-0.4, -0.2) is 79.4 Å². The molecular formula is C17H22O11. The number of benzene rings is 1. The van der Waals surface area contributed by atoms with Crippen molar-refractivity contribution >= 4 is 23.9 Å². The Labute approximate surface area is 159 Å². The lowest BCUT2D eigenvalue weighted by Crippen LogP contribution is -2.29. The maximum Gasteiger partial charge on any atom is 0.336 e. The molecule has 0 aliphatic carbocycles. The molecule has 0 radical (unpaired) electrons. The van der Waals surface area contributed by atoms with Crippen molar-refractivity contribution < 1.29 is 54.9 Å². The summed E-state index contributed by atoms with van der Waals surface area (Å²) in [5.41, 5.74) is -1.09. The highest BCUT2D eigenvalue weighted by Gasteiger charge is 2.20. The predicted molar refractivity (Wildman–Crippen MR) is 94.1 cm³/mol. The number of aromatic carboxylic acids is 2. The normalized spacial score (nSPS) is 10.1. The van der Waals surface area contributed by atoms with Crippen LogP contribution in [0, 0.1) is 5.41 Å². The number of hydrogen-bond acceptors (Lipinski definition) is 7. The summed E-state index contributed by atoms with van der Waals surface area (Å²) in [6.45, 7) is 1.06. The Balaban J connectivity index is 0. The molecule has 0 atom stereocenters. The number of aliphatic hydroxyl groups excluding tert-OH is 3. The number of hydrogen-bond donors (Lipinski definition) is 7. The molecule has 1 rings (SSSR count). The molecule has 0 amide bonds. The summed E-state index contributed by atoms with van der Waals surface area (Å²) < 4.78 is 0. The first-order valence-electron chi connectivity index (χ1n) is 7.46. The van der Waals surface area contributed by atoms with Crippen LogP contribution in [0.25, 0.3) is 0 Å². The molecular weight excluding hydrogens is 380 g/mol. The van der Waals surface area contributed by atoms with Crippen molar-refractivity contribution in [1.82, 2.24) is 0 Å². The quantitative estimate of drug-likeness (QED) is 0.296. The molecule has 11 nitrogen and oxygen atoms in total. The van der Waals surface area contributed by atoms with Crippen LogP contribution in [0.2, 0.25) is 0 Å². The van der Waals surface area contributed by atoms with Crippen molar-refractivity contribution in [2.24, 2.45) is 5.41 Å². The van der Waals surface area contributed by atoms with E-state index in [2.05, 4.69) is 0 Å². The highest BCUT2D eigenvalue weighted by atomic mass is 16.4. The van der Waals surface area contributed by atoms with Crippen molar-refractivity contribution in [3.63, 3.8) is 0 Å². The third-order valence-electron chi connectivity index (χ3n) is 2.90. The van der Waals surface area contributed by atoms with Crippen molar-refractivity contribution in [3.05, 3.63) is 47.5 Å².